The second kappa shape index (κ2) is 7.40. The number of imidazole rings is 1. The summed E-state index contributed by atoms with van der Waals surface area (Å²) in [5.74, 6) is 0.741. The van der Waals surface area contributed by atoms with Crippen LogP contribution in [0.3, 0.4) is 0 Å². The second-order valence-electron chi connectivity index (χ2n) is 7.59. The van der Waals surface area contributed by atoms with Gasteiger partial charge in [0.05, 0.1) is 30.2 Å². The Morgan fingerprint density at radius 3 is 2.76 bits per heavy atom. The number of hydrogen-bond donors (Lipinski definition) is 2. The average molecular weight is 394 g/mol. The Kier molecular flexibility index (Phi) is 4.92. The van der Waals surface area contributed by atoms with Crippen LogP contribution in [0, 0.1) is 20.8 Å². The number of aliphatic hydroxyl groups is 1. The number of carbonyl (C=O) groups excluding carboxylic acids is 1. The predicted molar refractivity (Wildman–Crippen MR) is 112 cm³/mol. The molecule has 152 valence electrons. The highest BCUT2D eigenvalue weighted by molar-refractivity contribution is 5.96. The molecule has 0 unspecified atom stereocenters. The number of aryl methyl sites for hydroxylation is 3. The van der Waals surface area contributed by atoms with Gasteiger partial charge < -0.3 is 24.5 Å². The molecule has 29 heavy (non-hydrogen) atoms. The lowest BCUT2D eigenvalue weighted by Crippen LogP contribution is -2.53. The van der Waals surface area contributed by atoms with Gasteiger partial charge in [0.25, 0.3) is 5.91 Å². The molecule has 0 radical (unpaired) electrons. The number of amides is 1. The van der Waals surface area contributed by atoms with Crippen molar-refractivity contribution in [2.75, 3.05) is 25.5 Å². The molecule has 0 aliphatic carbocycles. The largest absolute Gasteiger partial charge is 0.496 e. The number of aliphatic hydroxyl groups excluding tert-OH is 1. The monoisotopic (exact) mass is 394 g/mol. The highest BCUT2D eigenvalue weighted by atomic mass is 16.5. The van der Waals surface area contributed by atoms with Gasteiger partial charge in [-0.25, -0.2) is 4.98 Å². The van der Waals surface area contributed by atoms with Gasteiger partial charge in [-0.15, -0.1) is 0 Å². The Labute approximate surface area is 169 Å². The molecule has 3 aromatic rings. The van der Waals surface area contributed by atoms with Gasteiger partial charge in [-0.1, -0.05) is 12.1 Å². The van der Waals surface area contributed by atoms with E-state index in [4.69, 9.17) is 4.74 Å². The van der Waals surface area contributed by atoms with Crippen LogP contribution in [0.25, 0.3) is 5.65 Å². The van der Waals surface area contributed by atoms with Gasteiger partial charge in [0.1, 0.15) is 5.75 Å². The van der Waals surface area contributed by atoms with E-state index in [9.17, 15) is 9.90 Å². The van der Waals surface area contributed by atoms with E-state index in [0.717, 1.165) is 39.6 Å². The molecule has 4 rings (SSSR count). The Morgan fingerprint density at radius 2 is 2.07 bits per heavy atom. The molecule has 7 heteroatoms. The van der Waals surface area contributed by atoms with Crippen molar-refractivity contribution in [1.29, 1.82) is 0 Å². The molecule has 1 aliphatic rings. The molecular formula is C22H26N4O3. The van der Waals surface area contributed by atoms with Crippen LogP contribution in [0.4, 0.5) is 5.69 Å². The first-order chi connectivity index (χ1) is 13.9. The molecule has 1 fully saturated rings. The number of likely N-dealkylation sites (tertiary alicyclic amines) is 1. The summed E-state index contributed by atoms with van der Waals surface area (Å²) in [6, 6.07) is 7.81. The van der Waals surface area contributed by atoms with E-state index in [2.05, 4.69) is 10.3 Å². The summed E-state index contributed by atoms with van der Waals surface area (Å²) in [6.45, 7) is 7.31. The van der Waals surface area contributed by atoms with Crippen LogP contribution in [-0.2, 0) is 6.54 Å². The Morgan fingerprint density at radius 1 is 1.31 bits per heavy atom. The quantitative estimate of drug-likeness (QED) is 0.696. The van der Waals surface area contributed by atoms with Crippen molar-refractivity contribution < 1.29 is 14.6 Å². The van der Waals surface area contributed by atoms with E-state index in [1.807, 2.05) is 55.6 Å². The number of nitrogens with one attached hydrogen (secondary N) is 1. The third-order valence-corrected chi connectivity index (χ3v) is 5.63. The Bertz CT molecular complexity index is 1080. The minimum Gasteiger partial charge on any atom is -0.496 e. The van der Waals surface area contributed by atoms with E-state index in [1.165, 1.54) is 0 Å². The first-order valence-electron chi connectivity index (χ1n) is 9.72. The highest BCUT2D eigenvalue weighted by Gasteiger charge is 2.30. The highest BCUT2D eigenvalue weighted by Crippen LogP contribution is 2.27. The minimum absolute atomic E-state index is 0.0838. The molecule has 1 aliphatic heterocycles. The van der Waals surface area contributed by atoms with E-state index in [0.29, 0.717) is 25.2 Å². The number of rotatable bonds is 5. The van der Waals surface area contributed by atoms with Crippen LogP contribution in [-0.4, -0.2) is 51.6 Å². The fourth-order valence-electron chi connectivity index (χ4n) is 3.70. The molecule has 3 heterocycles. The van der Waals surface area contributed by atoms with Crippen LogP contribution in [0.2, 0.25) is 0 Å². The summed E-state index contributed by atoms with van der Waals surface area (Å²) < 4.78 is 7.46. The van der Waals surface area contributed by atoms with Gasteiger partial charge in [-0.05, 0) is 38.5 Å². The van der Waals surface area contributed by atoms with E-state index < -0.39 is 6.10 Å². The van der Waals surface area contributed by atoms with Gasteiger partial charge in [0.2, 0.25) is 0 Å². The van der Waals surface area contributed by atoms with Crippen molar-refractivity contribution in [3.63, 3.8) is 0 Å². The number of fused-ring (bicyclic) bond motifs is 1. The maximum absolute atomic E-state index is 12.8. The summed E-state index contributed by atoms with van der Waals surface area (Å²) in [5.41, 5.74) is 6.26. The molecule has 1 aromatic carbocycles. The average Bonchev–Trinajstić information content (AvgIpc) is 2.98. The number of nitrogens with zero attached hydrogens (tertiary/aromatic N) is 3. The lowest BCUT2D eigenvalue weighted by atomic mass is 10.1. The zero-order valence-electron chi connectivity index (χ0n) is 17.2. The van der Waals surface area contributed by atoms with E-state index >= 15 is 0 Å². The number of anilines is 1. The maximum Gasteiger partial charge on any atom is 0.255 e. The summed E-state index contributed by atoms with van der Waals surface area (Å²) in [4.78, 5) is 19.2. The van der Waals surface area contributed by atoms with Crippen LogP contribution >= 0.6 is 0 Å². The lowest BCUT2D eigenvalue weighted by molar-refractivity contribution is 0.00586. The van der Waals surface area contributed by atoms with Crippen molar-refractivity contribution in [2.45, 2.75) is 33.4 Å². The first-order valence-corrected chi connectivity index (χ1v) is 9.72. The molecule has 0 bridgehead atoms. The molecule has 2 N–H and O–H groups in total. The van der Waals surface area contributed by atoms with Crippen LogP contribution in [0.5, 0.6) is 5.75 Å². The fraction of sp³-hybridized carbons (Fsp3) is 0.364. The number of β-amino-alcohol motifs (C(OH)–C–C–N with tert-alkyl or cyclic N) is 1. The first kappa shape index (κ1) is 19.3. The molecule has 2 aromatic heterocycles. The predicted octanol–water partition coefficient (Wildman–Crippen LogP) is 2.70. The number of benzene rings is 1. The van der Waals surface area contributed by atoms with Crippen molar-refractivity contribution in [3.05, 3.63) is 58.5 Å². The van der Waals surface area contributed by atoms with Crippen LogP contribution in [0.1, 0.15) is 32.9 Å². The number of carbonyl (C=O) groups is 1. The van der Waals surface area contributed by atoms with Crippen molar-refractivity contribution >= 4 is 17.2 Å². The number of pyridine rings is 1. The molecule has 1 saturated heterocycles. The molecule has 0 spiro atoms. The smallest absolute Gasteiger partial charge is 0.255 e. The van der Waals surface area contributed by atoms with Crippen molar-refractivity contribution in [2.24, 2.45) is 0 Å². The number of aromatic nitrogens is 2. The zero-order valence-corrected chi connectivity index (χ0v) is 17.2. The summed E-state index contributed by atoms with van der Waals surface area (Å²) in [7, 11) is 1.67. The van der Waals surface area contributed by atoms with Crippen LogP contribution < -0.4 is 10.1 Å². The number of methoxy groups -OCH3 is 1. The maximum atomic E-state index is 12.8. The molecular weight excluding hydrogens is 368 g/mol. The lowest BCUT2D eigenvalue weighted by Gasteiger charge is -2.35. The SMILES string of the molecule is COc1cccc(C)c1CNc1cc(C(=O)N2CC(O)C2)cn2c(C)c(C)nc12. The number of hydrogen-bond acceptors (Lipinski definition) is 5. The minimum atomic E-state index is -0.425. The van der Waals surface area contributed by atoms with Crippen LogP contribution in [0.15, 0.2) is 30.5 Å². The third kappa shape index (κ3) is 3.42. The summed E-state index contributed by atoms with van der Waals surface area (Å²) in [6.07, 6.45) is 1.41. The standard InChI is InChI=1S/C22H26N4O3/c1-13-6-5-7-20(29-4)18(13)9-23-19-8-16(22(28)25-11-17(27)12-25)10-26-15(3)14(2)24-21(19)26/h5-8,10,17,23,27H,9,11-12H2,1-4H3. The topological polar surface area (TPSA) is 79.1 Å². The Balaban J connectivity index is 1.71. The number of ether oxygens (including phenoxy) is 1. The summed E-state index contributed by atoms with van der Waals surface area (Å²) in [5, 5.41) is 13.0. The second-order valence-corrected chi connectivity index (χ2v) is 7.59. The molecule has 1 amide bonds. The summed E-state index contributed by atoms with van der Waals surface area (Å²) >= 11 is 0. The van der Waals surface area contributed by atoms with E-state index in [1.54, 1.807) is 12.0 Å². The van der Waals surface area contributed by atoms with Crippen molar-refractivity contribution in [3.8, 4) is 5.75 Å². The van der Waals surface area contributed by atoms with Gasteiger partial charge in [-0.3, -0.25) is 4.79 Å². The van der Waals surface area contributed by atoms with E-state index in [-0.39, 0.29) is 5.91 Å². The van der Waals surface area contributed by atoms with Gasteiger partial charge in [0.15, 0.2) is 5.65 Å². The normalized spacial score (nSPS) is 14.2. The third-order valence-electron chi connectivity index (χ3n) is 5.63. The fourth-order valence-corrected chi connectivity index (χ4v) is 3.70. The van der Waals surface area contributed by atoms with Gasteiger partial charge >= 0.3 is 0 Å². The Hall–Kier alpha value is -3.06. The molecule has 0 atom stereocenters. The molecule has 0 saturated carbocycles. The zero-order chi connectivity index (χ0) is 20.7. The molecule has 7 nitrogen and oxygen atoms in total. The van der Waals surface area contributed by atoms with Gasteiger partial charge in [0, 0.05) is 37.1 Å². The van der Waals surface area contributed by atoms with Crippen molar-refractivity contribution in [1.82, 2.24) is 14.3 Å². The van der Waals surface area contributed by atoms with Gasteiger partial charge in [-0.2, -0.15) is 0 Å².